The van der Waals surface area contributed by atoms with E-state index in [-0.39, 0.29) is 41.7 Å². The normalized spacial score (nSPS) is 26.6. The third-order valence-corrected chi connectivity index (χ3v) is 4.70. The molecule has 0 aliphatic carbocycles. The summed E-state index contributed by atoms with van der Waals surface area (Å²) in [6, 6.07) is 13.4. The number of aromatic carboxylic acids is 1. The molecule has 0 amide bonds. The Hall–Kier alpha value is -1.33. The topological polar surface area (TPSA) is 140 Å². The van der Waals surface area contributed by atoms with Crippen molar-refractivity contribution in [3.8, 4) is 11.1 Å². The summed E-state index contributed by atoms with van der Waals surface area (Å²) in [5.41, 5.74) is 2.36. The summed E-state index contributed by atoms with van der Waals surface area (Å²) in [4.78, 5) is 10.9. The van der Waals surface area contributed by atoms with Crippen LogP contribution < -0.4 is 34.7 Å². The van der Waals surface area contributed by atoms with Gasteiger partial charge in [0, 0.05) is 0 Å². The van der Waals surface area contributed by atoms with Gasteiger partial charge in [-0.25, -0.2) is 0 Å². The van der Waals surface area contributed by atoms with Crippen LogP contribution in [0, 0.1) is 0 Å². The van der Waals surface area contributed by atoms with Gasteiger partial charge in [-0.1, -0.05) is 48.5 Å². The number of hydrogen-bond donors (Lipinski definition) is 4. The number of rotatable bonds is 6. The molecule has 1 heterocycles. The summed E-state index contributed by atoms with van der Waals surface area (Å²) in [5.74, 6) is -1.26. The molecule has 150 valence electrons. The Morgan fingerprint density at radius 2 is 1.66 bits per heavy atom. The summed E-state index contributed by atoms with van der Waals surface area (Å²) < 4.78 is 10.9. The molecular weight excluding hydrogens is 391 g/mol. The fourth-order valence-electron chi connectivity index (χ4n) is 3.09. The molecule has 0 unspecified atom stereocenters. The Morgan fingerprint density at radius 1 is 1.00 bits per heavy atom. The van der Waals surface area contributed by atoms with Crippen molar-refractivity contribution in [1.82, 2.24) is 0 Å². The van der Waals surface area contributed by atoms with Crippen LogP contribution in [0.2, 0.25) is 0 Å². The molecule has 5 atom stereocenters. The molecule has 0 bridgehead atoms. The second kappa shape index (κ2) is 10.6. The standard InChI is InChI=1S/C20H22O8.Na/c21-9-15-16(22)17(23)18(24)20(28-15)27-10-13-3-1-2-4-14(13)11-5-7-12(8-6-11)19(25)26;/h1-8,15-18,20-24H,9-10H2,(H,25,26);/q;+1/p-1/t15-,16-,17+,18+,20+;/m1./s1. The minimum absolute atomic E-state index is 0. The summed E-state index contributed by atoms with van der Waals surface area (Å²) in [5, 5.41) is 49.9. The third-order valence-electron chi connectivity index (χ3n) is 4.70. The monoisotopic (exact) mass is 412 g/mol. The summed E-state index contributed by atoms with van der Waals surface area (Å²) >= 11 is 0. The molecular formula is C20H21NaO8. The van der Waals surface area contributed by atoms with Gasteiger partial charge in [-0.2, -0.15) is 0 Å². The first kappa shape index (κ1) is 23.9. The number of aliphatic hydroxyl groups excluding tert-OH is 4. The Labute approximate surface area is 189 Å². The van der Waals surface area contributed by atoms with E-state index < -0.39 is 43.3 Å². The molecule has 0 aromatic heterocycles. The maximum Gasteiger partial charge on any atom is 1.00 e. The van der Waals surface area contributed by atoms with Gasteiger partial charge in [-0.05, 0) is 22.3 Å². The number of carbonyl (C=O) groups excluding carboxylic acids is 1. The molecule has 8 nitrogen and oxygen atoms in total. The first-order chi connectivity index (χ1) is 13.4. The Morgan fingerprint density at radius 3 is 2.28 bits per heavy atom. The van der Waals surface area contributed by atoms with E-state index in [0.717, 1.165) is 16.7 Å². The summed E-state index contributed by atoms with van der Waals surface area (Å²) in [6.45, 7) is -0.521. The quantitative estimate of drug-likeness (QED) is 0.353. The molecule has 29 heavy (non-hydrogen) atoms. The molecule has 2 aromatic carbocycles. The smallest absolute Gasteiger partial charge is 0.545 e. The van der Waals surface area contributed by atoms with Crippen molar-refractivity contribution in [2.45, 2.75) is 37.3 Å². The van der Waals surface area contributed by atoms with Crippen LogP contribution in [0.5, 0.6) is 0 Å². The zero-order valence-corrected chi connectivity index (χ0v) is 17.8. The van der Waals surface area contributed by atoms with E-state index in [9.17, 15) is 30.3 Å². The SMILES string of the molecule is O=C([O-])c1ccc(-c2ccccc2CO[C@H]2O[C@H](CO)[C@@H](O)[C@H](O)[C@@H]2O)cc1.[Na+]. The largest absolute Gasteiger partial charge is 1.00 e. The van der Waals surface area contributed by atoms with Crippen LogP contribution in [0.4, 0.5) is 0 Å². The maximum absolute atomic E-state index is 10.9. The van der Waals surface area contributed by atoms with Crippen LogP contribution in [0.15, 0.2) is 48.5 Å². The van der Waals surface area contributed by atoms with Crippen molar-refractivity contribution < 1.29 is 69.4 Å². The van der Waals surface area contributed by atoms with Crippen molar-refractivity contribution in [2.75, 3.05) is 6.61 Å². The van der Waals surface area contributed by atoms with Crippen molar-refractivity contribution in [3.05, 3.63) is 59.7 Å². The molecule has 2 aromatic rings. The van der Waals surface area contributed by atoms with Gasteiger partial charge in [-0.3, -0.25) is 0 Å². The predicted molar refractivity (Wildman–Crippen MR) is 94.8 cm³/mol. The van der Waals surface area contributed by atoms with Gasteiger partial charge < -0.3 is 39.8 Å². The van der Waals surface area contributed by atoms with Crippen LogP contribution >= 0.6 is 0 Å². The predicted octanol–water partition coefficient (Wildman–Crippen LogP) is -3.96. The van der Waals surface area contributed by atoms with E-state index in [2.05, 4.69) is 0 Å². The fourth-order valence-corrected chi connectivity index (χ4v) is 3.09. The fraction of sp³-hybridized carbons (Fsp3) is 0.350. The molecule has 0 spiro atoms. The third kappa shape index (κ3) is 5.43. The van der Waals surface area contributed by atoms with Gasteiger partial charge in [0.25, 0.3) is 0 Å². The molecule has 1 saturated heterocycles. The Bertz CT molecular complexity index is 810. The molecule has 4 N–H and O–H groups in total. The zero-order valence-electron chi connectivity index (χ0n) is 15.8. The summed E-state index contributed by atoms with van der Waals surface area (Å²) in [7, 11) is 0. The molecule has 1 aliphatic rings. The second-order valence-electron chi connectivity index (χ2n) is 6.53. The van der Waals surface area contributed by atoms with Gasteiger partial charge in [0.2, 0.25) is 0 Å². The number of ether oxygens (including phenoxy) is 2. The molecule has 0 saturated carbocycles. The number of benzene rings is 2. The first-order valence-electron chi connectivity index (χ1n) is 8.74. The van der Waals surface area contributed by atoms with Crippen LogP contribution in [-0.2, 0) is 16.1 Å². The van der Waals surface area contributed by atoms with Gasteiger partial charge in [-0.15, -0.1) is 0 Å². The maximum atomic E-state index is 10.9. The molecule has 1 aliphatic heterocycles. The van der Waals surface area contributed by atoms with Gasteiger partial charge in [0.05, 0.1) is 19.2 Å². The molecule has 3 rings (SSSR count). The van der Waals surface area contributed by atoms with Crippen molar-refractivity contribution in [1.29, 1.82) is 0 Å². The van der Waals surface area contributed by atoms with E-state index in [1.165, 1.54) is 12.1 Å². The number of carboxylic acid groups (broad SMARTS) is 1. The van der Waals surface area contributed by atoms with E-state index in [4.69, 9.17) is 9.47 Å². The van der Waals surface area contributed by atoms with Crippen LogP contribution in [0.1, 0.15) is 15.9 Å². The number of carbonyl (C=O) groups is 1. The number of hydrogen-bond acceptors (Lipinski definition) is 8. The minimum atomic E-state index is -1.51. The molecule has 1 fully saturated rings. The van der Waals surface area contributed by atoms with Crippen molar-refractivity contribution in [3.63, 3.8) is 0 Å². The van der Waals surface area contributed by atoms with Gasteiger partial charge >= 0.3 is 29.6 Å². The van der Waals surface area contributed by atoms with E-state index in [1.807, 2.05) is 12.1 Å². The van der Waals surface area contributed by atoms with E-state index >= 15 is 0 Å². The van der Waals surface area contributed by atoms with Crippen LogP contribution in [0.25, 0.3) is 11.1 Å². The van der Waals surface area contributed by atoms with Crippen molar-refractivity contribution in [2.24, 2.45) is 0 Å². The minimum Gasteiger partial charge on any atom is -0.545 e. The van der Waals surface area contributed by atoms with Gasteiger partial charge in [0.15, 0.2) is 6.29 Å². The van der Waals surface area contributed by atoms with Gasteiger partial charge in [0.1, 0.15) is 24.4 Å². The second-order valence-corrected chi connectivity index (χ2v) is 6.53. The Balaban J connectivity index is 0.00000300. The van der Waals surface area contributed by atoms with E-state index in [1.54, 1.807) is 24.3 Å². The van der Waals surface area contributed by atoms with Crippen molar-refractivity contribution >= 4 is 5.97 Å². The van der Waals surface area contributed by atoms with E-state index in [0.29, 0.717) is 0 Å². The van der Waals surface area contributed by atoms with Crippen LogP contribution in [-0.4, -0.2) is 63.7 Å². The summed E-state index contributed by atoms with van der Waals surface area (Å²) in [6.07, 6.45) is -6.72. The number of aliphatic hydroxyl groups is 4. The molecule has 9 heteroatoms. The Kier molecular flexibility index (Phi) is 8.77. The molecule has 0 radical (unpaired) electrons. The van der Waals surface area contributed by atoms with Crippen LogP contribution in [0.3, 0.4) is 0 Å². The first-order valence-corrected chi connectivity index (χ1v) is 8.74. The number of carboxylic acids is 1. The average Bonchev–Trinajstić information content (AvgIpc) is 2.72. The average molecular weight is 412 g/mol. The zero-order chi connectivity index (χ0) is 20.3.